The minimum absolute atomic E-state index is 0.152. The Morgan fingerprint density at radius 2 is 2.03 bits per heavy atom. The van der Waals surface area contributed by atoms with Crippen molar-refractivity contribution in [3.63, 3.8) is 0 Å². The number of carbonyl (C=O) groups is 1. The lowest BCUT2D eigenvalue weighted by Gasteiger charge is -2.12. The highest BCUT2D eigenvalue weighted by Crippen LogP contribution is 2.38. The van der Waals surface area contributed by atoms with Crippen LogP contribution in [0.25, 0.3) is 16.6 Å². The number of tetrazole rings is 1. The number of carbonyl (C=O) groups excluding carboxylic acids is 1. The van der Waals surface area contributed by atoms with Crippen LogP contribution in [0.4, 0.5) is 5.95 Å². The topological polar surface area (TPSA) is 107 Å². The van der Waals surface area contributed by atoms with Crippen molar-refractivity contribution in [2.75, 3.05) is 19.0 Å². The first kappa shape index (κ1) is 18.5. The van der Waals surface area contributed by atoms with Gasteiger partial charge in [0.15, 0.2) is 11.4 Å². The standard InChI is InChI=1S/C20H20N6O3/c1-3-11-29-18-15-12-14(28-2)9-10-16(15)26(13-7-5-4-6-8-13)17(18)19(27)21-20-22-24-25-23-20/h4-10,12H,3,11H2,1-2H3,(H2,21,22,23,24,25,27). The van der Waals surface area contributed by atoms with Gasteiger partial charge in [-0.1, -0.05) is 30.2 Å². The van der Waals surface area contributed by atoms with E-state index < -0.39 is 5.91 Å². The summed E-state index contributed by atoms with van der Waals surface area (Å²) < 4.78 is 13.3. The second-order valence-corrected chi connectivity index (χ2v) is 6.28. The van der Waals surface area contributed by atoms with E-state index in [1.807, 2.05) is 60.0 Å². The van der Waals surface area contributed by atoms with Crippen LogP contribution in [0.5, 0.6) is 11.5 Å². The number of rotatable bonds is 7. The van der Waals surface area contributed by atoms with Crippen LogP contribution in [0.15, 0.2) is 48.5 Å². The third-order valence-corrected chi connectivity index (χ3v) is 4.39. The van der Waals surface area contributed by atoms with Crippen molar-refractivity contribution in [2.24, 2.45) is 0 Å². The summed E-state index contributed by atoms with van der Waals surface area (Å²) in [5.74, 6) is 0.914. The second-order valence-electron chi connectivity index (χ2n) is 6.28. The SMILES string of the molecule is CCCOc1c(C(=O)Nc2nnn[nH]2)n(-c2ccccc2)c2ccc(OC)cc12. The maximum Gasteiger partial charge on any atom is 0.278 e. The minimum Gasteiger partial charge on any atom is -0.497 e. The number of methoxy groups -OCH3 is 1. The van der Waals surface area contributed by atoms with Crippen LogP contribution < -0.4 is 14.8 Å². The maximum atomic E-state index is 13.3. The van der Waals surface area contributed by atoms with Gasteiger partial charge in [-0.25, -0.2) is 5.10 Å². The Labute approximate surface area is 166 Å². The van der Waals surface area contributed by atoms with E-state index in [0.29, 0.717) is 23.8 Å². The zero-order chi connectivity index (χ0) is 20.2. The third-order valence-electron chi connectivity index (χ3n) is 4.39. The van der Waals surface area contributed by atoms with Crippen molar-refractivity contribution < 1.29 is 14.3 Å². The maximum absolute atomic E-state index is 13.3. The number of para-hydroxylation sites is 1. The number of amides is 1. The van der Waals surface area contributed by atoms with Crippen molar-refractivity contribution >= 4 is 22.8 Å². The van der Waals surface area contributed by atoms with E-state index in [-0.39, 0.29) is 5.95 Å². The van der Waals surface area contributed by atoms with Crippen LogP contribution in [0.2, 0.25) is 0 Å². The summed E-state index contributed by atoms with van der Waals surface area (Å²) in [5, 5.41) is 16.7. The number of hydrogen-bond acceptors (Lipinski definition) is 6. The fourth-order valence-corrected chi connectivity index (χ4v) is 3.15. The fraction of sp³-hybridized carbons (Fsp3) is 0.200. The van der Waals surface area contributed by atoms with Gasteiger partial charge in [0.25, 0.3) is 5.91 Å². The number of aromatic amines is 1. The van der Waals surface area contributed by atoms with Gasteiger partial charge >= 0.3 is 0 Å². The summed E-state index contributed by atoms with van der Waals surface area (Å²) in [7, 11) is 1.60. The average molecular weight is 392 g/mol. The number of fused-ring (bicyclic) bond motifs is 1. The van der Waals surface area contributed by atoms with E-state index >= 15 is 0 Å². The molecule has 1 amide bonds. The number of benzene rings is 2. The van der Waals surface area contributed by atoms with Gasteiger partial charge in [-0.2, -0.15) is 0 Å². The predicted octanol–water partition coefficient (Wildman–Crippen LogP) is 3.19. The van der Waals surface area contributed by atoms with Crippen LogP contribution in [-0.4, -0.2) is 44.8 Å². The molecule has 0 aliphatic carbocycles. The van der Waals surface area contributed by atoms with Gasteiger partial charge < -0.3 is 14.0 Å². The molecule has 0 aliphatic rings. The Hall–Kier alpha value is -3.88. The van der Waals surface area contributed by atoms with Crippen LogP contribution >= 0.6 is 0 Å². The molecule has 0 atom stereocenters. The molecule has 148 valence electrons. The van der Waals surface area contributed by atoms with Gasteiger partial charge in [-0.05, 0) is 47.2 Å². The number of aromatic nitrogens is 5. The Morgan fingerprint density at radius 3 is 2.72 bits per heavy atom. The van der Waals surface area contributed by atoms with Gasteiger partial charge in [0.1, 0.15) is 5.75 Å². The number of H-pyrrole nitrogens is 1. The lowest BCUT2D eigenvalue weighted by atomic mass is 10.2. The van der Waals surface area contributed by atoms with E-state index in [0.717, 1.165) is 23.0 Å². The first-order valence-corrected chi connectivity index (χ1v) is 9.18. The van der Waals surface area contributed by atoms with Gasteiger partial charge in [-0.15, -0.1) is 0 Å². The van der Waals surface area contributed by atoms with Crippen molar-refractivity contribution in [1.29, 1.82) is 0 Å². The molecule has 0 saturated carbocycles. The molecule has 0 radical (unpaired) electrons. The second kappa shape index (κ2) is 8.01. The molecular formula is C20H20N6O3. The van der Waals surface area contributed by atoms with Crippen LogP contribution in [0.3, 0.4) is 0 Å². The number of nitrogens with zero attached hydrogens (tertiary/aromatic N) is 4. The molecule has 0 saturated heterocycles. The number of hydrogen-bond donors (Lipinski definition) is 2. The fourth-order valence-electron chi connectivity index (χ4n) is 3.15. The summed E-state index contributed by atoms with van der Waals surface area (Å²) in [6.45, 7) is 2.48. The molecule has 9 heteroatoms. The summed E-state index contributed by atoms with van der Waals surface area (Å²) in [4.78, 5) is 13.3. The smallest absolute Gasteiger partial charge is 0.278 e. The Morgan fingerprint density at radius 1 is 1.21 bits per heavy atom. The van der Waals surface area contributed by atoms with Gasteiger partial charge in [0, 0.05) is 11.1 Å². The minimum atomic E-state index is -0.395. The quantitative estimate of drug-likeness (QED) is 0.500. The highest BCUT2D eigenvalue weighted by molar-refractivity contribution is 6.10. The predicted molar refractivity (Wildman–Crippen MR) is 108 cm³/mol. The van der Waals surface area contributed by atoms with Gasteiger partial charge in [-0.3, -0.25) is 10.1 Å². The third kappa shape index (κ3) is 3.49. The van der Waals surface area contributed by atoms with E-state index in [1.54, 1.807) is 7.11 Å². The number of ether oxygens (including phenoxy) is 2. The van der Waals surface area contributed by atoms with E-state index in [1.165, 1.54) is 0 Å². The first-order valence-electron chi connectivity index (χ1n) is 9.18. The molecule has 4 aromatic rings. The molecule has 0 unspecified atom stereocenters. The number of nitrogens with one attached hydrogen (secondary N) is 2. The van der Waals surface area contributed by atoms with Gasteiger partial charge in [0.05, 0.1) is 19.2 Å². The highest BCUT2D eigenvalue weighted by Gasteiger charge is 2.26. The van der Waals surface area contributed by atoms with E-state index in [9.17, 15) is 4.79 Å². The molecular weight excluding hydrogens is 372 g/mol. The summed E-state index contributed by atoms with van der Waals surface area (Å²) in [6, 6.07) is 15.2. The summed E-state index contributed by atoms with van der Waals surface area (Å²) >= 11 is 0. The van der Waals surface area contributed by atoms with Gasteiger partial charge in [0.2, 0.25) is 5.95 Å². The van der Waals surface area contributed by atoms with E-state index in [2.05, 4.69) is 25.9 Å². The molecule has 0 fully saturated rings. The van der Waals surface area contributed by atoms with Crippen molar-refractivity contribution in [3.05, 3.63) is 54.2 Å². The molecule has 0 bridgehead atoms. The molecule has 2 N–H and O–H groups in total. The molecule has 2 aromatic carbocycles. The van der Waals surface area contributed by atoms with Crippen molar-refractivity contribution in [1.82, 2.24) is 25.2 Å². The largest absolute Gasteiger partial charge is 0.497 e. The molecule has 2 aromatic heterocycles. The molecule has 0 aliphatic heterocycles. The molecule has 0 spiro atoms. The van der Waals surface area contributed by atoms with Crippen LogP contribution in [-0.2, 0) is 0 Å². The zero-order valence-corrected chi connectivity index (χ0v) is 16.0. The summed E-state index contributed by atoms with van der Waals surface area (Å²) in [6.07, 6.45) is 0.801. The molecule has 29 heavy (non-hydrogen) atoms. The van der Waals surface area contributed by atoms with Crippen LogP contribution in [0.1, 0.15) is 23.8 Å². The van der Waals surface area contributed by atoms with Crippen molar-refractivity contribution in [2.45, 2.75) is 13.3 Å². The van der Waals surface area contributed by atoms with Crippen molar-refractivity contribution in [3.8, 4) is 17.2 Å². The monoisotopic (exact) mass is 392 g/mol. The zero-order valence-electron chi connectivity index (χ0n) is 16.0. The summed E-state index contributed by atoms with van der Waals surface area (Å²) in [5.41, 5.74) is 2.00. The Bertz CT molecular complexity index is 1120. The average Bonchev–Trinajstić information content (AvgIpc) is 3.38. The molecule has 4 rings (SSSR count). The lowest BCUT2D eigenvalue weighted by Crippen LogP contribution is -2.18. The number of anilines is 1. The molecule has 2 heterocycles. The van der Waals surface area contributed by atoms with Crippen LogP contribution in [0, 0.1) is 0 Å². The Kier molecular flexibility index (Phi) is 5.10. The lowest BCUT2D eigenvalue weighted by molar-refractivity contribution is 0.101. The van der Waals surface area contributed by atoms with E-state index in [4.69, 9.17) is 9.47 Å². The highest BCUT2D eigenvalue weighted by atomic mass is 16.5. The molecule has 9 nitrogen and oxygen atoms in total. The normalized spacial score (nSPS) is 10.8. The first-order chi connectivity index (χ1) is 14.2. The Balaban J connectivity index is 1.97.